The predicted octanol–water partition coefficient (Wildman–Crippen LogP) is 1.29. The Morgan fingerprint density at radius 2 is 1.67 bits per heavy atom. The molecule has 0 spiro atoms. The van der Waals surface area contributed by atoms with Crippen molar-refractivity contribution in [2.75, 3.05) is 33.7 Å². The monoisotopic (exact) mass is 258 g/mol. The van der Waals surface area contributed by atoms with Crippen molar-refractivity contribution in [3.63, 3.8) is 0 Å². The first-order chi connectivity index (χ1) is 8.11. The van der Waals surface area contributed by atoms with Gasteiger partial charge in [-0.1, -0.05) is 20.8 Å². The molecular weight excluding hydrogens is 232 g/mol. The van der Waals surface area contributed by atoms with Crippen LogP contribution in [-0.2, 0) is 9.59 Å². The van der Waals surface area contributed by atoms with Crippen LogP contribution in [0, 0.1) is 5.41 Å². The van der Waals surface area contributed by atoms with Crippen LogP contribution in [0.25, 0.3) is 0 Å². The molecule has 0 bridgehead atoms. The molecule has 0 rings (SSSR count). The largest absolute Gasteiger partial charge is 0.480 e. The second-order valence-electron chi connectivity index (χ2n) is 6.07. The Labute approximate surface area is 110 Å². The fraction of sp³-hybridized carbons (Fsp3) is 0.846. The number of carboxylic acids is 1. The molecule has 0 radical (unpaired) electrons. The van der Waals surface area contributed by atoms with Crippen LogP contribution < -0.4 is 0 Å². The van der Waals surface area contributed by atoms with Crippen LogP contribution in [0.4, 0.5) is 0 Å². The number of carboxylic acid groups (broad SMARTS) is 1. The molecule has 5 heteroatoms. The quantitative estimate of drug-likeness (QED) is 0.747. The number of likely N-dealkylation sites (N-methyl/N-ethyl adjacent to an activating group) is 1. The molecule has 5 nitrogen and oxygen atoms in total. The lowest BCUT2D eigenvalue weighted by Crippen LogP contribution is -2.40. The molecule has 0 aromatic carbocycles. The van der Waals surface area contributed by atoms with Crippen LogP contribution in [0.15, 0.2) is 0 Å². The van der Waals surface area contributed by atoms with Crippen LogP contribution in [0.1, 0.15) is 33.6 Å². The zero-order valence-corrected chi connectivity index (χ0v) is 12.2. The summed E-state index contributed by atoms with van der Waals surface area (Å²) < 4.78 is 0. The molecule has 1 N–H and O–H groups in total. The van der Waals surface area contributed by atoms with E-state index in [1.165, 1.54) is 4.90 Å². The van der Waals surface area contributed by atoms with Gasteiger partial charge in [0.05, 0.1) is 0 Å². The van der Waals surface area contributed by atoms with E-state index in [2.05, 4.69) is 20.8 Å². The van der Waals surface area contributed by atoms with Gasteiger partial charge in [-0.05, 0) is 25.9 Å². The minimum absolute atomic E-state index is 0.0748. The van der Waals surface area contributed by atoms with Crippen LogP contribution in [0.5, 0.6) is 0 Å². The van der Waals surface area contributed by atoms with Crippen molar-refractivity contribution >= 4 is 11.9 Å². The van der Waals surface area contributed by atoms with Gasteiger partial charge in [0, 0.05) is 19.5 Å². The van der Waals surface area contributed by atoms with E-state index in [9.17, 15) is 9.59 Å². The molecule has 0 fully saturated rings. The Balaban J connectivity index is 4.35. The zero-order valence-electron chi connectivity index (χ0n) is 12.2. The smallest absolute Gasteiger partial charge is 0.323 e. The van der Waals surface area contributed by atoms with Gasteiger partial charge in [-0.25, -0.2) is 0 Å². The molecule has 1 amide bonds. The Bertz CT molecular complexity index is 282. The highest BCUT2D eigenvalue weighted by atomic mass is 16.4. The van der Waals surface area contributed by atoms with E-state index in [0.717, 1.165) is 6.42 Å². The maximum atomic E-state index is 12.0. The highest BCUT2D eigenvalue weighted by Gasteiger charge is 2.19. The standard InChI is InChI=1S/C13H26N2O3/c1-13(2,3)7-6-11(16)15(10-12(17)18)9-8-14(4)5/h6-10H2,1-5H3,(H,17,18). The third-order valence-corrected chi connectivity index (χ3v) is 2.58. The van der Waals surface area contributed by atoms with Gasteiger partial charge in [-0.3, -0.25) is 9.59 Å². The van der Waals surface area contributed by atoms with Gasteiger partial charge in [0.2, 0.25) is 5.91 Å². The number of rotatable bonds is 7. The molecule has 0 heterocycles. The SMILES string of the molecule is CN(C)CCN(CC(=O)O)C(=O)CCC(C)(C)C. The first kappa shape index (κ1) is 16.9. The molecule has 0 unspecified atom stereocenters. The van der Waals surface area contributed by atoms with Crippen LogP contribution in [0.3, 0.4) is 0 Å². The van der Waals surface area contributed by atoms with E-state index in [-0.39, 0.29) is 17.9 Å². The summed E-state index contributed by atoms with van der Waals surface area (Å²) in [6.45, 7) is 7.14. The Hall–Kier alpha value is -1.10. The molecule has 0 aliphatic carbocycles. The average Bonchev–Trinajstić information content (AvgIpc) is 2.19. The number of aliphatic carboxylic acids is 1. The van der Waals surface area contributed by atoms with Gasteiger partial charge >= 0.3 is 5.97 Å². The Kier molecular flexibility index (Phi) is 6.91. The molecule has 0 aromatic heterocycles. The van der Waals surface area contributed by atoms with Gasteiger partial charge < -0.3 is 14.9 Å². The summed E-state index contributed by atoms with van der Waals surface area (Å²) in [7, 11) is 3.80. The van der Waals surface area contributed by atoms with E-state index >= 15 is 0 Å². The predicted molar refractivity (Wildman–Crippen MR) is 71.5 cm³/mol. The van der Waals surface area contributed by atoms with E-state index in [1.54, 1.807) is 0 Å². The molecule has 18 heavy (non-hydrogen) atoms. The Morgan fingerprint density at radius 3 is 2.06 bits per heavy atom. The van der Waals surface area contributed by atoms with Crippen molar-refractivity contribution in [2.24, 2.45) is 5.41 Å². The first-order valence-electron chi connectivity index (χ1n) is 6.26. The summed E-state index contributed by atoms with van der Waals surface area (Å²) in [5.41, 5.74) is 0.0894. The normalized spacial score (nSPS) is 11.7. The fourth-order valence-corrected chi connectivity index (χ4v) is 1.42. The summed E-state index contributed by atoms with van der Waals surface area (Å²) in [5.74, 6) is -1.04. The van der Waals surface area contributed by atoms with E-state index < -0.39 is 5.97 Å². The zero-order chi connectivity index (χ0) is 14.3. The second kappa shape index (κ2) is 7.36. The van der Waals surface area contributed by atoms with Crippen molar-refractivity contribution in [2.45, 2.75) is 33.6 Å². The third-order valence-electron chi connectivity index (χ3n) is 2.58. The van der Waals surface area contributed by atoms with Crippen LogP contribution in [0.2, 0.25) is 0 Å². The van der Waals surface area contributed by atoms with Crippen molar-refractivity contribution in [3.05, 3.63) is 0 Å². The minimum Gasteiger partial charge on any atom is -0.480 e. The summed E-state index contributed by atoms with van der Waals surface area (Å²) in [6, 6.07) is 0. The summed E-state index contributed by atoms with van der Waals surface area (Å²) in [6.07, 6.45) is 1.17. The molecule has 0 aliphatic rings. The summed E-state index contributed by atoms with van der Waals surface area (Å²) in [4.78, 5) is 26.1. The lowest BCUT2D eigenvalue weighted by molar-refractivity contribution is -0.144. The lowest BCUT2D eigenvalue weighted by Gasteiger charge is -2.24. The van der Waals surface area contributed by atoms with E-state index in [1.807, 2.05) is 19.0 Å². The van der Waals surface area contributed by atoms with Gasteiger partial charge in [-0.15, -0.1) is 0 Å². The number of carbonyl (C=O) groups is 2. The fourth-order valence-electron chi connectivity index (χ4n) is 1.42. The number of nitrogens with zero attached hydrogens (tertiary/aromatic N) is 2. The second-order valence-corrected chi connectivity index (χ2v) is 6.07. The van der Waals surface area contributed by atoms with Crippen molar-refractivity contribution in [3.8, 4) is 0 Å². The van der Waals surface area contributed by atoms with Gasteiger partial charge in [-0.2, -0.15) is 0 Å². The number of hydrogen-bond acceptors (Lipinski definition) is 3. The number of amides is 1. The molecule has 106 valence electrons. The minimum atomic E-state index is -0.960. The van der Waals surface area contributed by atoms with Crippen molar-refractivity contribution in [1.82, 2.24) is 9.80 Å². The van der Waals surface area contributed by atoms with Crippen molar-refractivity contribution in [1.29, 1.82) is 0 Å². The third kappa shape index (κ3) is 8.98. The number of hydrogen-bond donors (Lipinski definition) is 1. The molecule has 0 aromatic rings. The highest BCUT2D eigenvalue weighted by molar-refractivity contribution is 5.81. The maximum absolute atomic E-state index is 12.0. The Morgan fingerprint density at radius 1 is 1.11 bits per heavy atom. The van der Waals surface area contributed by atoms with Crippen molar-refractivity contribution < 1.29 is 14.7 Å². The van der Waals surface area contributed by atoms with Gasteiger partial charge in [0.1, 0.15) is 6.54 Å². The number of carbonyl (C=O) groups excluding carboxylic acids is 1. The summed E-state index contributed by atoms with van der Waals surface area (Å²) >= 11 is 0. The van der Waals surface area contributed by atoms with Gasteiger partial charge in [0.15, 0.2) is 0 Å². The van der Waals surface area contributed by atoms with Crippen LogP contribution >= 0.6 is 0 Å². The van der Waals surface area contributed by atoms with Gasteiger partial charge in [0.25, 0.3) is 0 Å². The molecule has 0 saturated carbocycles. The van der Waals surface area contributed by atoms with E-state index in [0.29, 0.717) is 19.5 Å². The maximum Gasteiger partial charge on any atom is 0.323 e. The molecule has 0 aliphatic heterocycles. The topological polar surface area (TPSA) is 60.9 Å². The summed E-state index contributed by atoms with van der Waals surface area (Å²) in [5, 5.41) is 8.82. The van der Waals surface area contributed by atoms with Crippen LogP contribution in [-0.4, -0.2) is 60.5 Å². The molecular formula is C13H26N2O3. The highest BCUT2D eigenvalue weighted by Crippen LogP contribution is 2.21. The average molecular weight is 258 g/mol. The molecule has 0 saturated heterocycles. The lowest BCUT2D eigenvalue weighted by atomic mass is 9.90. The van der Waals surface area contributed by atoms with E-state index in [4.69, 9.17) is 5.11 Å². The molecule has 0 atom stereocenters. The first-order valence-corrected chi connectivity index (χ1v) is 6.26.